The summed E-state index contributed by atoms with van der Waals surface area (Å²) in [7, 11) is 0. The highest BCUT2D eigenvalue weighted by atomic mass is 19.2. The first-order valence-electron chi connectivity index (χ1n) is 7.71. The maximum Gasteiger partial charge on any atom is 0.511 e. The summed E-state index contributed by atoms with van der Waals surface area (Å²) in [5, 5.41) is 0. The second kappa shape index (κ2) is 9.09. The van der Waals surface area contributed by atoms with Crippen molar-refractivity contribution in [2.24, 2.45) is 0 Å². The van der Waals surface area contributed by atoms with Gasteiger partial charge in [-0.25, -0.2) is 48.7 Å². The standard InChI is InChI=1S/C19H4F10O3/c1-3-5(7-9(20)13(24)17(28)14(25)10(7)21)31-19(30)32-6(4-2)8-11(22)15(26)18(29)16(27)12(8)23/h1-2,5-6H. The minimum absolute atomic E-state index is 1.36. The number of halogens is 10. The third-order valence-corrected chi connectivity index (χ3v) is 3.74. The second-order valence-electron chi connectivity index (χ2n) is 5.55. The monoisotopic (exact) mass is 470 g/mol. The molecular formula is C19H4F10O3. The molecule has 0 amide bonds. The van der Waals surface area contributed by atoms with E-state index in [1.165, 1.54) is 11.8 Å². The van der Waals surface area contributed by atoms with E-state index in [1.807, 2.05) is 0 Å². The van der Waals surface area contributed by atoms with E-state index < -0.39 is 87.7 Å². The van der Waals surface area contributed by atoms with E-state index in [1.54, 1.807) is 0 Å². The van der Waals surface area contributed by atoms with Crippen molar-refractivity contribution in [3.05, 3.63) is 69.3 Å². The van der Waals surface area contributed by atoms with E-state index in [2.05, 4.69) is 9.47 Å². The summed E-state index contributed by atoms with van der Waals surface area (Å²) in [4.78, 5) is 11.8. The van der Waals surface area contributed by atoms with Gasteiger partial charge in [-0.1, -0.05) is 11.8 Å². The first-order valence-corrected chi connectivity index (χ1v) is 7.71. The van der Waals surface area contributed by atoms with Gasteiger partial charge in [0.05, 0.1) is 11.1 Å². The maximum absolute atomic E-state index is 13.8. The van der Waals surface area contributed by atoms with Gasteiger partial charge in [0.1, 0.15) is 0 Å². The van der Waals surface area contributed by atoms with E-state index in [4.69, 9.17) is 12.8 Å². The Hall–Kier alpha value is -3.87. The molecule has 168 valence electrons. The largest absolute Gasteiger partial charge is 0.511 e. The fraction of sp³-hybridized carbons (Fsp3) is 0.105. The molecule has 2 atom stereocenters. The highest BCUT2D eigenvalue weighted by molar-refractivity contribution is 5.62. The van der Waals surface area contributed by atoms with Crippen LogP contribution in [0.5, 0.6) is 0 Å². The average molecular weight is 470 g/mol. The second-order valence-corrected chi connectivity index (χ2v) is 5.55. The quantitative estimate of drug-likeness (QED) is 0.201. The first-order chi connectivity index (χ1) is 14.9. The number of hydrogen-bond donors (Lipinski definition) is 0. The highest BCUT2D eigenvalue weighted by Crippen LogP contribution is 2.32. The molecule has 0 heterocycles. The number of carbonyl (C=O) groups is 1. The van der Waals surface area contributed by atoms with E-state index >= 15 is 0 Å². The molecule has 0 fully saturated rings. The molecule has 0 aliphatic rings. The minimum atomic E-state index is -2.65. The van der Waals surface area contributed by atoms with Crippen LogP contribution in [0.25, 0.3) is 0 Å². The number of ether oxygens (including phenoxy) is 2. The van der Waals surface area contributed by atoms with Crippen LogP contribution in [0.1, 0.15) is 23.3 Å². The van der Waals surface area contributed by atoms with Gasteiger partial charge in [0.25, 0.3) is 0 Å². The van der Waals surface area contributed by atoms with Crippen LogP contribution in [0.2, 0.25) is 0 Å². The third kappa shape index (κ3) is 4.01. The smallest absolute Gasteiger partial charge is 0.412 e. The Balaban J connectivity index is 2.41. The fourth-order valence-electron chi connectivity index (χ4n) is 2.28. The van der Waals surface area contributed by atoms with Gasteiger partial charge in [0, 0.05) is 0 Å². The Bertz CT molecular complexity index is 1050. The molecular weight excluding hydrogens is 466 g/mol. The highest BCUT2D eigenvalue weighted by Gasteiger charge is 2.35. The molecule has 13 heteroatoms. The number of terminal acetylenes is 2. The summed E-state index contributed by atoms with van der Waals surface area (Å²) in [6.45, 7) is 0. The zero-order valence-electron chi connectivity index (χ0n) is 14.8. The van der Waals surface area contributed by atoms with Crippen LogP contribution in [0, 0.1) is 82.9 Å². The van der Waals surface area contributed by atoms with Crippen LogP contribution < -0.4 is 0 Å². The Morgan fingerprint density at radius 2 is 0.750 bits per heavy atom. The normalized spacial score (nSPS) is 12.5. The Morgan fingerprint density at radius 3 is 0.969 bits per heavy atom. The van der Waals surface area contributed by atoms with Crippen molar-refractivity contribution in [3.8, 4) is 24.7 Å². The Kier molecular flexibility index (Phi) is 6.93. The predicted octanol–water partition coefficient (Wildman–Crippen LogP) is 5.28. The number of rotatable bonds is 4. The molecule has 2 unspecified atom stereocenters. The van der Waals surface area contributed by atoms with Crippen molar-refractivity contribution in [1.29, 1.82) is 0 Å². The van der Waals surface area contributed by atoms with Crippen LogP contribution in [0.3, 0.4) is 0 Å². The van der Waals surface area contributed by atoms with E-state index in [9.17, 15) is 48.7 Å². The van der Waals surface area contributed by atoms with Crippen molar-refractivity contribution in [2.75, 3.05) is 0 Å². The van der Waals surface area contributed by atoms with Gasteiger partial charge < -0.3 is 9.47 Å². The van der Waals surface area contributed by atoms with Crippen LogP contribution >= 0.6 is 0 Å². The van der Waals surface area contributed by atoms with Gasteiger partial charge in [-0.15, -0.1) is 12.8 Å². The molecule has 32 heavy (non-hydrogen) atoms. The van der Waals surface area contributed by atoms with Crippen LogP contribution in [-0.4, -0.2) is 6.16 Å². The molecule has 0 radical (unpaired) electrons. The zero-order valence-corrected chi connectivity index (χ0v) is 14.8. The lowest BCUT2D eigenvalue weighted by atomic mass is 10.1. The van der Waals surface area contributed by atoms with E-state index in [0.717, 1.165) is 0 Å². The lowest BCUT2D eigenvalue weighted by Gasteiger charge is -2.18. The summed E-state index contributed by atoms with van der Waals surface area (Å²) in [5.74, 6) is -22.1. The third-order valence-electron chi connectivity index (χ3n) is 3.74. The topological polar surface area (TPSA) is 35.5 Å². The molecule has 0 saturated carbocycles. The molecule has 2 aromatic carbocycles. The molecule has 3 nitrogen and oxygen atoms in total. The molecule has 0 aromatic heterocycles. The SMILES string of the molecule is C#CC(OC(=O)OC(C#C)c1c(F)c(F)c(F)c(F)c1F)c1c(F)c(F)c(F)c(F)c1F. The van der Waals surface area contributed by atoms with Gasteiger partial charge in [-0.3, -0.25) is 0 Å². The summed E-state index contributed by atoms with van der Waals surface area (Å²) in [6, 6.07) is 0. The lowest BCUT2D eigenvalue weighted by molar-refractivity contribution is 0.0211. The van der Waals surface area contributed by atoms with E-state index in [0.29, 0.717) is 0 Å². The Labute approximate surface area is 171 Å². The van der Waals surface area contributed by atoms with Gasteiger partial charge in [0.2, 0.25) is 11.6 Å². The Morgan fingerprint density at radius 1 is 0.531 bits per heavy atom. The van der Waals surface area contributed by atoms with Crippen molar-refractivity contribution in [1.82, 2.24) is 0 Å². The number of benzene rings is 2. The van der Waals surface area contributed by atoms with Crippen LogP contribution in [0.4, 0.5) is 48.7 Å². The lowest BCUT2D eigenvalue weighted by Crippen LogP contribution is -2.20. The van der Waals surface area contributed by atoms with E-state index in [-0.39, 0.29) is 0 Å². The van der Waals surface area contributed by atoms with Gasteiger partial charge >= 0.3 is 6.16 Å². The molecule has 2 aromatic rings. The minimum Gasteiger partial charge on any atom is -0.412 e. The molecule has 0 bridgehead atoms. The van der Waals surface area contributed by atoms with Crippen molar-refractivity contribution < 1.29 is 58.2 Å². The summed E-state index contributed by atoms with van der Waals surface area (Å²) in [6.07, 6.45) is 2.18. The van der Waals surface area contributed by atoms with Crippen LogP contribution in [0.15, 0.2) is 0 Å². The fourth-order valence-corrected chi connectivity index (χ4v) is 2.28. The maximum atomic E-state index is 13.8. The summed E-state index contributed by atoms with van der Waals surface area (Å²) >= 11 is 0. The summed E-state index contributed by atoms with van der Waals surface area (Å²) < 4.78 is 143. The first kappa shape index (κ1) is 24.4. The van der Waals surface area contributed by atoms with Crippen molar-refractivity contribution >= 4 is 6.16 Å². The molecule has 0 N–H and O–H groups in total. The molecule has 0 spiro atoms. The van der Waals surface area contributed by atoms with Crippen molar-refractivity contribution in [3.63, 3.8) is 0 Å². The van der Waals surface area contributed by atoms with Gasteiger partial charge in [-0.2, -0.15) is 0 Å². The molecule has 0 aliphatic carbocycles. The summed E-state index contributed by atoms with van der Waals surface area (Å²) in [5.41, 5.74) is -3.62. The zero-order chi connectivity index (χ0) is 24.5. The van der Waals surface area contributed by atoms with Crippen LogP contribution in [-0.2, 0) is 9.47 Å². The average Bonchev–Trinajstić information content (AvgIpc) is 2.77. The van der Waals surface area contributed by atoms with Gasteiger partial charge in [-0.05, 0) is 0 Å². The molecule has 2 rings (SSSR count). The van der Waals surface area contributed by atoms with Gasteiger partial charge in [0.15, 0.2) is 58.7 Å². The van der Waals surface area contributed by atoms with Crippen molar-refractivity contribution in [2.45, 2.75) is 12.2 Å². The number of carbonyl (C=O) groups excluding carboxylic acids is 1. The number of hydrogen-bond acceptors (Lipinski definition) is 3. The predicted molar refractivity (Wildman–Crippen MR) is 83.2 cm³/mol. The molecule has 0 aliphatic heterocycles. The molecule has 0 saturated heterocycles.